The largest absolute Gasteiger partial charge is 0.384 e. The fourth-order valence-corrected chi connectivity index (χ4v) is 10.1. The number of aliphatic hydroxyl groups is 1. The van der Waals surface area contributed by atoms with Crippen molar-refractivity contribution in [2.24, 2.45) is 0 Å². The summed E-state index contributed by atoms with van der Waals surface area (Å²) in [5, 5.41) is 14.7. The van der Waals surface area contributed by atoms with Crippen LogP contribution in [-0.2, 0) is 0 Å². The Morgan fingerprint density at radius 1 is 0.833 bits per heavy atom. The Morgan fingerprint density at radius 2 is 1.27 bits per heavy atom. The number of hydrogen-bond acceptors (Lipinski definition) is 1. The molecule has 2 heteroatoms. The van der Waals surface area contributed by atoms with Crippen molar-refractivity contribution >= 4 is 24.5 Å². The molecule has 1 atom stereocenters. The van der Waals surface area contributed by atoms with Gasteiger partial charge in [-0.05, 0) is 21.0 Å². The maximum absolute atomic E-state index is 11.4. The molecule has 0 fully saturated rings. The zero-order valence-corrected chi connectivity index (χ0v) is 19.0. The summed E-state index contributed by atoms with van der Waals surface area (Å²) in [5.41, 5.74) is 4.27. The van der Waals surface area contributed by atoms with Gasteiger partial charge in [-0.3, -0.25) is 0 Å². The fourth-order valence-electron chi connectivity index (χ4n) is 4.45. The molecule has 3 rings (SSSR count). The van der Waals surface area contributed by atoms with E-state index in [1.165, 1.54) is 10.4 Å². The fraction of sp³-hybridized carbons (Fsp3) is 0.179. The summed E-state index contributed by atoms with van der Waals surface area (Å²) in [6.07, 6.45) is 3.07. The summed E-state index contributed by atoms with van der Waals surface area (Å²) in [7, 11) is -2.64. The quantitative estimate of drug-likeness (QED) is 0.428. The first-order valence-electron chi connectivity index (χ1n) is 10.3. The maximum Gasteiger partial charge on any atom is 0.161 e. The van der Waals surface area contributed by atoms with Gasteiger partial charge in [0.2, 0.25) is 0 Å². The predicted molar refractivity (Wildman–Crippen MR) is 132 cm³/mol. The van der Waals surface area contributed by atoms with E-state index in [-0.39, 0.29) is 5.04 Å². The second-order valence-electron chi connectivity index (χ2n) is 8.54. The molecule has 3 aromatic carbocycles. The minimum absolute atomic E-state index is 0.114. The summed E-state index contributed by atoms with van der Waals surface area (Å²) in [4.78, 5) is 0. The Balaban J connectivity index is 2.22. The van der Waals surface area contributed by atoms with Crippen molar-refractivity contribution in [2.45, 2.75) is 31.9 Å². The normalized spacial score (nSPS) is 13.1. The Kier molecular flexibility index (Phi) is 6.74. The van der Waals surface area contributed by atoms with Crippen LogP contribution >= 0.6 is 0 Å². The van der Waals surface area contributed by atoms with Crippen molar-refractivity contribution in [3.63, 3.8) is 0 Å². The van der Waals surface area contributed by atoms with E-state index in [9.17, 15) is 5.11 Å². The third kappa shape index (κ3) is 4.17. The van der Waals surface area contributed by atoms with E-state index in [1.54, 1.807) is 0 Å². The van der Waals surface area contributed by atoms with Gasteiger partial charge in [0.25, 0.3) is 0 Å². The molecule has 0 aliphatic carbocycles. The average molecular weight is 411 g/mol. The van der Waals surface area contributed by atoms with E-state index < -0.39 is 14.2 Å². The number of rotatable bonds is 6. The molecule has 0 bridgehead atoms. The number of aliphatic hydroxyl groups excluding tert-OH is 1. The first kappa shape index (κ1) is 21.8. The van der Waals surface area contributed by atoms with Gasteiger partial charge in [0.15, 0.2) is 8.07 Å². The van der Waals surface area contributed by atoms with E-state index >= 15 is 0 Å². The lowest BCUT2D eigenvalue weighted by Gasteiger charge is -2.46. The molecule has 0 aromatic heterocycles. The van der Waals surface area contributed by atoms with Gasteiger partial charge >= 0.3 is 0 Å². The molecule has 0 saturated carbocycles. The van der Waals surface area contributed by atoms with Crippen LogP contribution in [0.25, 0.3) is 6.08 Å². The third-order valence-electron chi connectivity index (χ3n) is 5.70. The zero-order valence-electron chi connectivity index (χ0n) is 18.0. The first-order chi connectivity index (χ1) is 14.4. The van der Waals surface area contributed by atoms with Crippen LogP contribution in [0.2, 0.25) is 5.04 Å². The molecule has 152 valence electrons. The van der Waals surface area contributed by atoms with Crippen LogP contribution in [0.5, 0.6) is 0 Å². The van der Waals surface area contributed by atoms with E-state index in [0.717, 1.165) is 10.8 Å². The smallest absolute Gasteiger partial charge is 0.161 e. The number of hydrogen-bond donors (Lipinski definition) is 1. The van der Waals surface area contributed by atoms with Crippen LogP contribution < -0.4 is 10.4 Å². The Hall–Kier alpha value is -2.90. The lowest BCUT2D eigenvalue weighted by Crippen LogP contribution is -2.67. The van der Waals surface area contributed by atoms with Gasteiger partial charge in [0.1, 0.15) is 0 Å². The minimum Gasteiger partial charge on any atom is -0.384 e. The van der Waals surface area contributed by atoms with Crippen LogP contribution in [0.15, 0.2) is 115 Å². The molecular weight excluding hydrogens is 380 g/mol. The SMILES string of the molecule is C=C=C(C(O)/C=C/c1ccccc1)[Si](c1ccccc1)(c1ccccc1)C(C)(C)C. The van der Waals surface area contributed by atoms with Gasteiger partial charge < -0.3 is 5.11 Å². The second-order valence-corrected chi connectivity index (χ2v) is 13.2. The standard InChI is InChI=1S/C28H30OSi/c1-5-27(26(29)22-21-23-15-9-6-10-16-23)30(28(2,3)4,24-17-11-7-12-18-24)25-19-13-8-14-20-25/h6-22,26,29H,1H2,2-4H3/b22-21+. The van der Waals surface area contributed by atoms with Crippen LogP contribution in [0, 0.1) is 0 Å². The minimum atomic E-state index is -2.64. The highest BCUT2D eigenvalue weighted by Gasteiger charge is 2.52. The van der Waals surface area contributed by atoms with Crippen molar-refractivity contribution in [3.05, 3.63) is 120 Å². The van der Waals surface area contributed by atoms with E-state index in [4.69, 9.17) is 0 Å². The highest BCUT2D eigenvalue weighted by molar-refractivity contribution is 7.09. The Morgan fingerprint density at radius 3 is 1.67 bits per heavy atom. The molecule has 1 N–H and O–H groups in total. The molecule has 1 nitrogen and oxygen atoms in total. The van der Waals surface area contributed by atoms with Crippen molar-refractivity contribution in [1.82, 2.24) is 0 Å². The van der Waals surface area contributed by atoms with Crippen molar-refractivity contribution in [2.75, 3.05) is 0 Å². The molecule has 0 radical (unpaired) electrons. The predicted octanol–water partition coefficient (Wildman–Crippen LogP) is 5.37. The molecule has 0 spiro atoms. The van der Waals surface area contributed by atoms with Gasteiger partial charge in [0, 0.05) is 5.20 Å². The summed E-state index contributed by atoms with van der Waals surface area (Å²) >= 11 is 0. The van der Waals surface area contributed by atoms with Gasteiger partial charge in [-0.1, -0.05) is 130 Å². The van der Waals surface area contributed by atoms with Crippen LogP contribution in [0.3, 0.4) is 0 Å². The van der Waals surface area contributed by atoms with Crippen molar-refractivity contribution in [3.8, 4) is 0 Å². The molecule has 0 amide bonds. The average Bonchev–Trinajstić information content (AvgIpc) is 2.76. The molecule has 0 aliphatic heterocycles. The summed E-state index contributed by atoms with van der Waals surface area (Å²) in [5.74, 6) is 0. The van der Waals surface area contributed by atoms with E-state index in [2.05, 4.69) is 81.6 Å². The van der Waals surface area contributed by atoms with Crippen molar-refractivity contribution < 1.29 is 5.11 Å². The number of benzene rings is 3. The second kappa shape index (κ2) is 9.28. The highest BCUT2D eigenvalue weighted by atomic mass is 28.3. The summed E-state index contributed by atoms with van der Waals surface area (Å²) < 4.78 is 0. The monoisotopic (exact) mass is 410 g/mol. The Labute approximate surface area is 181 Å². The topological polar surface area (TPSA) is 20.2 Å². The van der Waals surface area contributed by atoms with Gasteiger partial charge in [-0.15, -0.1) is 5.73 Å². The zero-order chi connectivity index (χ0) is 21.6. The molecule has 0 heterocycles. The summed E-state index contributed by atoms with van der Waals surface area (Å²) in [6, 6.07) is 31.2. The van der Waals surface area contributed by atoms with Gasteiger partial charge in [-0.25, -0.2) is 0 Å². The van der Waals surface area contributed by atoms with E-state index in [1.807, 2.05) is 54.6 Å². The third-order valence-corrected chi connectivity index (χ3v) is 11.6. The first-order valence-corrected chi connectivity index (χ1v) is 12.3. The van der Waals surface area contributed by atoms with Crippen molar-refractivity contribution in [1.29, 1.82) is 0 Å². The summed E-state index contributed by atoms with van der Waals surface area (Å²) in [6.45, 7) is 10.9. The van der Waals surface area contributed by atoms with Gasteiger partial charge in [-0.2, -0.15) is 0 Å². The highest BCUT2D eigenvalue weighted by Crippen LogP contribution is 2.41. The molecule has 1 unspecified atom stereocenters. The lowest BCUT2D eigenvalue weighted by molar-refractivity contribution is 0.266. The van der Waals surface area contributed by atoms with E-state index in [0.29, 0.717) is 0 Å². The van der Waals surface area contributed by atoms with Crippen LogP contribution in [0.4, 0.5) is 0 Å². The molecule has 30 heavy (non-hydrogen) atoms. The molecular formula is C28H30OSi. The molecule has 0 saturated heterocycles. The van der Waals surface area contributed by atoms with Crippen LogP contribution in [0.1, 0.15) is 26.3 Å². The maximum atomic E-state index is 11.4. The molecule has 3 aromatic rings. The van der Waals surface area contributed by atoms with Gasteiger partial charge in [0.05, 0.1) is 6.10 Å². The van der Waals surface area contributed by atoms with Crippen LogP contribution in [-0.4, -0.2) is 19.3 Å². The lowest BCUT2D eigenvalue weighted by atomic mass is 10.2. The molecule has 0 aliphatic rings. The Bertz CT molecular complexity index is 985.